The molecule has 0 spiro atoms. The first-order valence-corrected chi connectivity index (χ1v) is 12.4. The molecule has 0 atom stereocenters. The Labute approximate surface area is 215 Å². The number of aromatic nitrogens is 5. The van der Waals surface area contributed by atoms with Gasteiger partial charge in [0.25, 0.3) is 5.91 Å². The van der Waals surface area contributed by atoms with Crippen molar-refractivity contribution in [3.05, 3.63) is 83.4 Å². The smallest absolute Gasteiger partial charge is 0.291 e. The van der Waals surface area contributed by atoms with Crippen LogP contribution in [0.1, 0.15) is 35.0 Å². The molecule has 5 heterocycles. The third kappa shape index (κ3) is 3.93. The number of likely N-dealkylation sites (tertiary alicyclic amines) is 1. The molecular formula is C26H22BrN7O2. The lowest BCUT2D eigenvalue weighted by atomic mass is 9.93. The van der Waals surface area contributed by atoms with Crippen LogP contribution in [0.3, 0.4) is 0 Å². The highest BCUT2D eigenvalue weighted by atomic mass is 79.9. The van der Waals surface area contributed by atoms with Gasteiger partial charge in [0.15, 0.2) is 12.0 Å². The number of nitrogens with zero attached hydrogens (tertiary/aromatic N) is 6. The third-order valence-electron chi connectivity index (χ3n) is 6.60. The van der Waals surface area contributed by atoms with Gasteiger partial charge in [-0.1, -0.05) is 36.4 Å². The first-order valence-electron chi connectivity index (χ1n) is 11.6. The summed E-state index contributed by atoms with van der Waals surface area (Å²) in [6.07, 6.45) is 7.85. The van der Waals surface area contributed by atoms with Crippen LogP contribution in [0.25, 0.3) is 28.0 Å². The summed E-state index contributed by atoms with van der Waals surface area (Å²) in [6, 6.07) is 14.1. The van der Waals surface area contributed by atoms with Crippen molar-refractivity contribution in [1.29, 1.82) is 0 Å². The van der Waals surface area contributed by atoms with Crippen molar-refractivity contribution < 1.29 is 9.21 Å². The summed E-state index contributed by atoms with van der Waals surface area (Å²) < 4.78 is 7.56. The van der Waals surface area contributed by atoms with Crippen molar-refractivity contribution in [2.45, 2.75) is 18.8 Å². The Morgan fingerprint density at radius 1 is 1.03 bits per heavy atom. The number of amides is 1. The van der Waals surface area contributed by atoms with Crippen LogP contribution in [0, 0.1) is 0 Å². The molecule has 1 aliphatic rings. The molecule has 1 fully saturated rings. The molecule has 180 valence electrons. The maximum atomic E-state index is 12.6. The van der Waals surface area contributed by atoms with Gasteiger partial charge in [0.05, 0.1) is 28.3 Å². The van der Waals surface area contributed by atoms with E-state index in [9.17, 15) is 4.79 Å². The van der Waals surface area contributed by atoms with E-state index in [1.54, 1.807) is 15.6 Å². The van der Waals surface area contributed by atoms with Crippen LogP contribution in [0.5, 0.6) is 0 Å². The predicted octanol–water partition coefficient (Wildman–Crippen LogP) is 4.81. The molecule has 1 aromatic carbocycles. The first-order chi connectivity index (χ1) is 17.6. The number of pyridine rings is 1. The molecule has 0 bridgehead atoms. The fraction of sp³-hybridized carbons (Fsp3) is 0.192. The standard InChI is InChI=1S/C26H22BrN7O2/c27-22-23(17-8-10-33(11-9-17)26(35)21-14-29-15-36-21)32-25-19(13-31-34(25)24(22)28)18-6-7-20(30-12-18)16-4-2-1-3-5-16/h1-7,12-15,17H,8-11,28H2. The Bertz CT molecular complexity index is 1520. The maximum absolute atomic E-state index is 12.6. The lowest BCUT2D eigenvalue weighted by molar-refractivity contribution is 0.0680. The summed E-state index contributed by atoms with van der Waals surface area (Å²) in [5.41, 5.74) is 11.8. The Hall–Kier alpha value is -4.05. The number of hydrogen-bond donors (Lipinski definition) is 1. The number of nitrogens with two attached hydrogens (primary N) is 1. The number of hydrogen-bond acceptors (Lipinski definition) is 7. The van der Waals surface area contributed by atoms with Gasteiger partial charge in [-0.2, -0.15) is 9.61 Å². The zero-order valence-corrected chi connectivity index (χ0v) is 20.8. The molecule has 5 aromatic rings. The van der Waals surface area contributed by atoms with Crippen LogP contribution in [0.15, 0.2) is 76.3 Å². The molecule has 0 aliphatic carbocycles. The van der Waals surface area contributed by atoms with Gasteiger partial charge in [0.1, 0.15) is 5.82 Å². The molecule has 1 amide bonds. The van der Waals surface area contributed by atoms with Gasteiger partial charge in [-0.3, -0.25) is 9.78 Å². The number of benzene rings is 1. The second-order valence-corrected chi connectivity index (χ2v) is 9.51. The van der Waals surface area contributed by atoms with Gasteiger partial charge >= 0.3 is 0 Å². The summed E-state index contributed by atoms with van der Waals surface area (Å²) in [6.45, 7) is 1.20. The highest BCUT2D eigenvalue weighted by Gasteiger charge is 2.29. The molecule has 2 N–H and O–H groups in total. The lowest BCUT2D eigenvalue weighted by Crippen LogP contribution is -2.38. The van der Waals surface area contributed by atoms with Crippen molar-refractivity contribution in [2.24, 2.45) is 0 Å². The molecule has 4 aromatic heterocycles. The lowest BCUT2D eigenvalue weighted by Gasteiger charge is -2.31. The average molecular weight is 544 g/mol. The van der Waals surface area contributed by atoms with E-state index in [0.29, 0.717) is 24.6 Å². The summed E-state index contributed by atoms with van der Waals surface area (Å²) in [4.78, 5) is 27.9. The van der Waals surface area contributed by atoms with Crippen molar-refractivity contribution in [2.75, 3.05) is 18.8 Å². The molecule has 0 radical (unpaired) electrons. The SMILES string of the molecule is Nc1c(Br)c(C2CCN(C(=O)c3cnco3)CC2)nc2c(-c3ccc(-c4ccccc4)nc3)cnn12. The van der Waals surface area contributed by atoms with Crippen molar-refractivity contribution >= 4 is 33.3 Å². The second-order valence-electron chi connectivity index (χ2n) is 8.72. The van der Waals surface area contributed by atoms with Crippen molar-refractivity contribution in [1.82, 2.24) is 29.5 Å². The van der Waals surface area contributed by atoms with E-state index < -0.39 is 0 Å². The quantitative estimate of drug-likeness (QED) is 0.345. The first kappa shape index (κ1) is 22.4. The van der Waals surface area contributed by atoms with E-state index >= 15 is 0 Å². The molecule has 1 saturated heterocycles. The van der Waals surface area contributed by atoms with E-state index in [1.165, 1.54) is 12.6 Å². The van der Waals surface area contributed by atoms with Gasteiger partial charge in [-0.25, -0.2) is 9.97 Å². The monoisotopic (exact) mass is 543 g/mol. The average Bonchev–Trinajstić information content (AvgIpc) is 3.62. The van der Waals surface area contributed by atoms with Gasteiger partial charge in [-0.15, -0.1) is 0 Å². The molecule has 0 unspecified atom stereocenters. The van der Waals surface area contributed by atoms with Crippen LogP contribution >= 0.6 is 15.9 Å². The van der Waals surface area contributed by atoms with E-state index in [2.05, 4.69) is 31.0 Å². The zero-order chi connectivity index (χ0) is 24.6. The van der Waals surface area contributed by atoms with Gasteiger partial charge in [0, 0.05) is 41.9 Å². The molecular weight excluding hydrogens is 522 g/mol. The fourth-order valence-corrected chi connectivity index (χ4v) is 5.23. The number of nitrogen functional groups attached to an aromatic ring is 1. The highest BCUT2D eigenvalue weighted by Crippen LogP contribution is 2.37. The topological polar surface area (TPSA) is 115 Å². The third-order valence-corrected chi connectivity index (χ3v) is 7.42. The van der Waals surface area contributed by atoms with E-state index in [4.69, 9.17) is 15.1 Å². The molecule has 10 heteroatoms. The molecule has 36 heavy (non-hydrogen) atoms. The minimum Gasteiger partial charge on any atom is -0.438 e. The largest absolute Gasteiger partial charge is 0.438 e. The molecule has 6 rings (SSSR count). The number of rotatable bonds is 4. The maximum Gasteiger partial charge on any atom is 0.291 e. The molecule has 1 aliphatic heterocycles. The summed E-state index contributed by atoms with van der Waals surface area (Å²) in [7, 11) is 0. The van der Waals surface area contributed by atoms with Gasteiger partial charge in [0.2, 0.25) is 5.76 Å². The van der Waals surface area contributed by atoms with Gasteiger partial charge in [-0.05, 0) is 34.8 Å². The molecule has 0 saturated carbocycles. The van der Waals surface area contributed by atoms with Crippen molar-refractivity contribution in [3.63, 3.8) is 0 Å². The summed E-state index contributed by atoms with van der Waals surface area (Å²) >= 11 is 3.65. The number of oxazole rings is 1. The van der Waals surface area contributed by atoms with E-state index in [0.717, 1.165) is 45.4 Å². The predicted molar refractivity (Wildman–Crippen MR) is 138 cm³/mol. The zero-order valence-electron chi connectivity index (χ0n) is 19.2. The molecule has 9 nitrogen and oxygen atoms in total. The number of piperidine rings is 1. The van der Waals surface area contributed by atoms with E-state index in [-0.39, 0.29) is 17.6 Å². The van der Waals surface area contributed by atoms with E-state index in [1.807, 2.05) is 48.7 Å². The second kappa shape index (κ2) is 9.19. The van der Waals surface area contributed by atoms with Crippen LogP contribution in [-0.2, 0) is 0 Å². The Balaban J connectivity index is 1.29. The number of anilines is 1. The van der Waals surface area contributed by atoms with Gasteiger partial charge < -0.3 is 15.1 Å². The Morgan fingerprint density at radius 2 is 1.83 bits per heavy atom. The Morgan fingerprint density at radius 3 is 2.53 bits per heavy atom. The van der Waals surface area contributed by atoms with Crippen molar-refractivity contribution in [3.8, 4) is 22.4 Å². The minimum absolute atomic E-state index is 0.141. The van der Waals surface area contributed by atoms with Crippen LogP contribution in [0.4, 0.5) is 5.82 Å². The van der Waals surface area contributed by atoms with Crippen LogP contribution in [-0.4, -0.2) is 48.5 Å². The number of carbonyl (C=O) groups excluding carboxylic acids is 1. The summed E-state index contributed by atoms with van der Waals surface area (Å²) in [5, 5.41) is 4.49. The number of halogens is 1. The normalized spacial score (nSPS) is 14.4. The number of fused-ring (bicyclic) bond motifs is 1. The Kier molecular flexibility index (Phi) is 5.73. The highest BCUT2D eigenvalue weighted by molar-refractivity contribution is 9.10. The van der Waals surface area contributed by atoms with Crippen LogP contribution in [0.2, 0.25) is 0 Å². The fourth-order valence-electron chi connectivity index (χ4n) is 4.65. The van der Waals surface area contributed by atoms with Crippen LogP contribution < -0.4 is 5.73 Å². The minimum atomic E-state index is -0.141. The summed E-state index contributed by atoms with van der Waals surface area (Å²) in [5.74, 6) is 0.758. The number of carbonyl (C=O) groups is 1.